The second-order valence-corrected chi connectivity index (χ2v) is 6.36. The van der Waals surface area contributed by atoms with Crippen LogP contribution in [-0.4, -0.2) is 29.1 Å². The lowest BCUT2D eigenvalue weighted by atomic mass is 9.95. The molecule has 0 spiro atoms. The number of hydrogen-bond donors (Lipinski definition) is 2. The van der Waals surface area contributed by atoms with Crippen molar-refractivity contribution in [3.8, 4) is 0 Å². The number of methoxy groups -OCH3 is 1. The number of hydrogen-bond acceptors (Lipinski definition) is 6. The van der Waals surface area contributed by atoms with Crippen LogP contribution in [0.1, 0.15) is 48.2 Å². The first-order valence-electron chi connectivity index (χ1n) is 8.72. The smallest absolute Gasteiger partial charge is 0.339 e. The van der Waals surface area contributed by atoms with Gasteiger partial charge in [0.25, 0.3) is 0 Å². The maximum Gasteiger partial charge on any atom is 0.339 e. The molecule has 0 aliphatic heterocycles. The van der Waals surface area contributed by atoms with E-state index >= 15 is 0 Å². The molecule has 1 aliphatic rings. The van der Waals surface area contributed by atoms with Gasteiger partial charge in [0, 0.05) is 17.8 Å². The van der Waals surface area contributed by atoms with Crippen LogP contribution in [0.5, 0.6) is 0 Å². The number of aryl methyl sites for hydroxylation is 1. The van der Waals surface area contributed by atoms with Crippen LogP contribution in [-0.2, 0) is 4.74 Å². The zero-order chi connectivity index (χ0) is 17.6. The Kier molecular flexibility index (Phi) is 5.48. The Balaban J connectivity index is 1.80. The van der Waals surface area contributed by atoms with Gasteiger partial charge in [-0.1, -0.05) is 31.4 Å². The number of carbonyl (C=O) groups is 1. The van der Waals surface area contributed by atoms with Gasteiger partial charge in [-0.05, 0) is 31.9 Å². The van der Waals surface area contributed by atoms with Crippen LogP contribution in [0.25, 0.3) is 0 Å². The predicted octanol–water partition coefficient (Wildman–Crippen LogP) is 4.06. The number of rotatable bonds is 5. The summed E-state index contributed by atoms with van der Waals surface area (Å²) >= 11 is 0. The third-order valence-electron chi connectivity index (χ3n) is 4.39. The molecule has 25 heavy (non-hydrogen) atoms. The van der Waals surface area contributed by atoms with Crippen molar-refractivity contribution < 1.29 is 9.53 Å². The summed E-state index contributed by atoms with van der Waals surface area (Å²) in [4.78, 5) is 20.9. The van der Waals surface area contributed by atoms with Crippen molar-refractivity contribution in [3.05, 3.63) is 41.6 Å². The van der Waals surface area contributed by atoms with E-state index in [1.807, 2.05) is 25.1 Å². The van der Waals surface area contributed by atoms with Crippen molar-refractivity contribution in [2.45, 2.75) is 45.1 Å². The number of ether oxygens (including phenoxy) is 1. The first kappa shape index (κ1) is 17.2. The molecule has 3 rings (SSSR count). The molecule has 0 amide bonds. The minimum absolute atomic E-state index is 0.392. The van der Waals surface area contributed by atoms with Gasteiger partial charge < -0.3 is 15.4 Å². The van der Waals surface area contributed by atoms with E-state index in [9.17, 15) is 4.79 Å². The minimum atomic E-state index is -0.392. The van der Waals surface area contributed by atoms with E-state index < -0.39 is 5.97 Å². The van der Waals surface area contributed by atoms with E-state index in [1.54, 1.807) is 12.1 Å². The number of nitrogens with one attached hydrogen (secondary N) is 2. The second kappa shape index (κ2) is 7.96. The van der Waals surface area contributed by atoms with Gasteiger partial charge in [0.2, 0.25) is 5.95 Å². The Morgan fingerprint density at radius 2 is 1.92 bits per heavy atom. The fourth-order valence-corrected chi connectivity index (χ4v) is 3.15. The van der Waals surface area contributed by atoms with Gasteiger partial charge in [-0.15, -0.1) is 0 Å². The van der Waals surface area contributed by atoms with E-state index in [2.05, 4.69) is 20.6 Å². The summed E-state index contributed by atoms with van der Waals surface area (Å²) < 4.78 is 4.83. The summed E-state index contributed by atoms with van der Waals surface area (Å²) in [7, 11) is 1.37. The molecule has 0 radical (unpaired) electrons. The Labute approximate surface area is 148 Å². The summed E-state index contributed by atoms with van der Waals surface area (Å²) in [6.45, 7) is 1.94. The standard InChI is InChI=1S/C19H24N4O2/c1-13-12-17(21-14-8-4-3-5-9-14)23-19(20-13)22-16-11-7-6-10-15(16)18(24)25-2/h6-7,10-12,14H,3-5,8-9H2,1-2H3,(H2,20,21,22,23). The molecule has 1 saturated carbocycles. The summed E-state index contributed by atoms with van der Waals surface area (Å²) in [5.74, 6) is 0.892. The Morgan fingerprint density at radius 1 is 1.16 bits per heavy atom. The molecule has 1 aromatic carbocycles. The average molecular weight is 340 g/mol. The molecule has 6 heteroatoms. The molecule has 1 aliphatic carbocycles. The SMILES string of the molecule is COC(=O)c1ccccc1Nc1nc(C)cc(NC2CCCCC2)n1. The van der Waals surface area contributed by atoms with Crippen molar-refractivity contribution in [3.63, 3.8) is 0 Å². The van der Waals surface area contributed by atoms with Crippen LogP contribution < -0.4 is 10.6 Å². The molecule has 1 fully saturated rings. The minimum Gasteiger partial charge on any atom is -0.465 e. The first-order chi connectivity index (χ1) is 12.2. The van der Waals surface area contributed by atoms with Crippen molar-refractivity contribution >= 4 is 23.4 Å². The number of esters is 1. The number of anilines is 3. The Hall–Kier alpha value is -2.63. The van der Waals surface area contributed by atoms with E-state index in [-0.39, 0.29) is 0 Å². The number of nitrogens with zero attached hydrogens (tertiary/aromatic N) is 2. The van der Waals surface area contributed by atoms with E-state index in [4.69, 9.17) is 4.74 Å². The highest BCUT2D eigenvalue weighted by atomic mass is 16.5. The Bertz CT molecular complexity index is 742. The molecule has 132 valence electrons. The van der Waals surface area contributed by atoms with Gasteiger partial charge in [-0.25, -0.2) is 9.78 Å². The third-order valence-corrected chi connectivity index (χ3v) is 4.39. The van der Waals surface area contributed by atoms with Gasteiger partial charge >= 0.3 is 5.97 Å². The van der Waals surface area contributed by atoms with E-state index in [1.165, 1.54) is 39.2 Å². The fraction of sp³-hybridized carbons (Fsp3) is 0.421. The molecule has 0 bridgehead atoms. The summed E-state index contributed by atoms with van der Waals surface area (Å²) in [5, 5.41) is 6.66. The highest BCUT2D eigenvalue weighted by Gasteiger charge is 2.15. The summed E-state index contributed by atoms with van der Waals surface area (Å²) in [6.07, 6.45) is 6.20. The summed E-state index contributed by atoms with van der Waals surface area (Å²) in [6, 6.07) is 9.60. The molecule has 2 aromatic rings. The molecule has 1 heterocycles. The first-order valence-corrected chi connectivity index (χ1v) is 8.72. The lowest BCUT2D eigenvalue weighted by Gasteiger charge is -2.23. The van der Waals surface area contributed by atoms with Crippen molar-refractivity contribution in [1.29, 1.82) is 0 Å². The Morgan fingerprint density at radius 3 is 2.68 bits per heavy atom. The van der Waals surface area contributed by atoms with E-state index in [0.29, 0.717) is 23.2 Å². The molecule has 6 nitrogen and oxygen atoms in total. The van der Waals surface area contributed by atoms with Crippen LogP contribution in [0.2, 0.25) is 0 Å². The largest absolute Gasteiger partial charge is 0.465 e. The predicted molar refractivity (Wildman–Crippen MR) is 98.3 cm³/mol. The van der Waals surface area contributed by atoms with Crippen LogP contribution in [0, 0.1) is 6.92 Å². The zero-order valence-electron chi connectivity index (χ0n) is 14.7. The number of benzene rings is 1. The van der Waals surface area contributed by atoms with Crippen LogP contribution >= 0.6 is 0 Å². The monoisotopic (exact) mass is 340 g/mol. The molecular weight excluding hydrogens is 316 g/mol. The van der Waals surface area contributed by atoms with Crippen LogP contribution in [0.15, 0.2) is 30.3 Å². The van der Waals surface area contributed by atoms with Crippen molar-refractivity contribution in [2.75, 3.05) is 17.7 Å². The quantitative estimate of drug-likeness (QED) is 0.800. The molecule has 2 N–H and O–H groups in total. The molecule has 1 aromatic heterocycles. The molecule has 0 atom stereocenters. The average Bonchev–Trinajstić information content (AvgIpc) is 2.62. The lowest BCUT2D eigenvalue weighted by molar-refractivity contribution is 0.0602. The maximum atomic E-state index is 11.9. The number of aromatic nitrogens is 2. The van der Waals surface area contributed by atoms with Crippen LogP contribution in [0.4, 0.5) is 17.5 Å². The van der Waals surface area contributed by atoms with Gasteiger partial charge in [0.05, 0.1) is 18.4 Å². The van der Waals surface area contributed by atoms with Crippen molar-refractivity contribution in [1.82, 2.24) is 9.97 Å². The highest BCUT2D eigenvalue weighted by molar-refractivity contribution is 5.96. The number of para-hydroxylation sites is 1. The zero-order valence-corrected chi connectivity index (χ0v) is 14.7. The molecule has 0 saturated heterocycles. The van der Waals surface area contributed by atoms with Gasteiger partial charge in [-0.3, -0.25) is 0 Å². The fourth-order valence-electron chi connectivity index (χ4n) is 3.15. The van der Waals surface area contributed by atoms with Crippen molar-refractivity contribution in [2.24, 2.45) is 0 Å². The molecular formula is C19H24N4O2. The highest BCUT2D eigenvalue weighted by Crippen LogP contribution is 2.23. The van der Waals surface area contributed by atoms with Gasteiger partial charge in [0.1, 0.15) is 5.82 Å². The van der Waals surface area contributed by atoms with E-state index in [0.717, 1.165) is 11.5 Å². The lowest BCUT2D eigenvalue weighted by Crippen LogP contribution is -2.23. The second-order valence-electron chi connectivity index (χ2n) is 6.36. The molecule has 0 unspecified atom stereocenters. The number of carbonyl (C=O) groups excluding carboxylic acids is 1. The summed E-state index contributed by atoms with van der Waals surface area (Å²) in [5.41, 5.74) is 1.95. The topological polar surface area (TPSA) is 76.1 Å². The third kappa shape index (κ3) is 4.47. The normalized spacial score (nSPS) is 14.8. The maximum absolute atomic E-state index is 11.9. The van der Waals surface area contributed by atoms with Crippen LogP contribution in [0.3, 0.4) is 0 Å². The van der Waals surface area contributed by atoms with Gasteiger partial charge in [0.15, 0.2) is 0 Å². The van der Waals surface area contributed by atoms with Gasteiger partial charge in [-0.2, -0.15) is 4.98 Å².